The summed E-state index contributed by atoms with van der Waals surface area (Å²) in [6.07, 6.45) is 0. The lowest BCUT2D eigenvalue weighted by Crippen LogP contribution is -2.17. The number of aromatic nitrogens is 2. The van der Waals surface area contributed by atoms with Crippen LogP contribution in [0.4, 0.5) is 0 Å². The molecule has 0 saturated heterocycles. The van der Waals surface area contributed by atoms with Crippen LogP contribution in [0, 0.1) is 0 Å². The molecular formula is C20H20N2O7S. The second-order valence-corrected chi connectivity index (χ2v) is 8.62. The normalized spacial score (nSPS) is 13.1. The number of rotatable bonds is 7. The van der Waals surface area contributed by atoms with Crippen molar-refractivity contribution in [3.63, 3.8) is 0 Å². The van der Waals surface area contributed by atoms with Crippen LogP contribution in [0.3, 0.4) is 0 Å². The number of hydrogen-bond acceptors (Lipinski definition) is 9. The first-order chi connectivity index (χ1) is 14.5. The summed E-state index contributed by atoms with van der Waals surface area (Å²) >= 11 is 0. The summed E-state index contributed by atoms with van der Waals surface area (Å²) in [6.45, 7) is 0.812. The molecule has 3 aromatic rings. The van der Waals surface area contributed by atoms with Crippen LogP contribution in [0.5, 0.6) is 23.0 Å². The topological polar surface area (TPSA) is 110 Å². The number of nitrogens with zero attached hydrogens (tertiary/aromatic N) is 2. The average Bonchev–Trinajstić information content (AvgIpc) is 3.21. The molecule has 0 aliphatic carbocycles. The molecule has 0 atom stereocenters. The fraction of sp³-hybridized carbons (Fsp3) is 0.300. The Kier molecular flexibility index (Phi) is 5.49. The molecule has 4 rings (SSSR count). The standard InChI is InChI=1S/C20H20N2O7S/c1-25-15-7-6-13(10-17(15)26-2)20-21-18(29-22-20)12-30(23,24)11-14-4-3-5-16-19(14)28-9-8-27-16/h3-7,10H,8-9,11-12H2,1-2H3. The van der Waals surface area contributed by atoms with E-state index in [9.17, 15) is 8.42 Å². The van der Waals surface area contributed by atoms with Crippen LogP contribution in [0.15, 0.2) is 40.9 Å². The quantitative estimate of drug-likeness (QED) is 0.556. The Labute approximate surface area is 173 Å². The molecular weight excluding hydrogens is 412 g/mol. The van der Waals surface area contributed by atoms with E-state index in [1.54, 1.807) is 36.4 Å². The zero-order valence-corrected chi connectivity index (χ0v) is 17.3. The Bertz CT molecular complexity index is 1160. The maximum absolute atomic E-state index is 12.7. The number of benzene rings is 2. The van der Waals surface area contributed by atoms with E-state index < -0.39 is 15.6 Å². The summed E-state index contributed by atoms with van der Waals surface area (Å²) in [5, 5.41) is 3.89. The Morgan fingerprint density at radius 3 is 2.60 bits per heavy atom. The van der Waals surface area contributed by atoms with Gasteiger partial charge in [-0.15, -0.1) is 0 Å². The minimum Gasteiger partial charge on any atom is -0.493 e. The van der Waals surface area contributed by atoms with Crippen molar-refractivity contribution >= 4 is 9.84 Å². The van der Waals surface area contributed by atoms with Crippen molar-refractivity contribution in [1.29, 1.82) is 0 Å². The van der Waals surface area contributed by atoms with Gasteiger partial charge in [-0.25, -0.2) is 8.42 Å². The number of fused-ring (bicyclic) bond motifs is 1. The van der Waals surface area contributed by atoms with Crippen molar-refractivity contribution < 1.29 is 31.9 Å². The number of hydrogen-bond donors (Lipinski definition) is 0. The van der Waals surface area contributed by atoms with Gasteiger partial charge < -0.3 is 23.5 Å². The van der Waals surface area contributed by atoms with Crippen LogP contribution in [0.1, 0.15) is 11.5 Å². The zero-order chi connectivity index (χ0) is 21.1. The minimum atomic E-state index is -3.59. The third kappa shape index (κ3) is 4.18. The van der Waals surface area contributed by atoms with Crippen molar-refractivity contribution in [3.8, 4) is 34.4 Å². The van der Waals surface area contributed by atoms with Gasteiger partial charge in [-0.3, -0.25) is 0 Å². The summed E-state index contributed by atoms with van der Waals surface area (Å²) in [5.41, 5.74) is 1.15. The molecule has 0 saturated carbocycles. The molecule has 0 spiro atoms. The maximum atomic E-state index is 12.7. The van der Waals surface area contributed by atoms with E-state index in [4.69, 9.17) is 23.5 Å². The summed E-state index contributed by atoms with van der Waals surface area (Å²) < 4.78 is 52.2. The first-order valence-electron chi connectivity index (χ1n) is 9.12. The van der Waals surface area contributed by atoms with E-state index in [1.807, 2.05) is 0 Å². The van der Waals surface area contributed by atoms with Gasteiger partial charge in [-0.1, -0.05) is 17.3 Å². The lowest BCUT2D eigenvalue weighted by Gasteiger charge is -2.20. The summed E-state index contributed by atoms with van der Waals surface area (Å²) in [5.74, 6) is 1.71. The van der Waals surface area contributed by atoms with E-state index in [2.05, 4.69) is 10.1 Å². The van der Waals surface area contributed by atoms with E-state index in [0.717, 1.165) is 0 Å². The second kappa shape index (κ2) is 8.23. The second-order valence-electron chi connectivity index (χ2n) is 6.56. The summed E-state index contributed by atoms with van der Waals surface area (Å²) in [7, 11) is -0.532. The van der Waals surface area contributed by atoms with Crippen molar-refractivity contribution in [2.75, 3.05) is 27.4 Å². The van der Waals surface area contributed by atoms with Gasteiger partial charge in [-0.05, 0) is 24.3 Å². The molecule has 0 radical (unpaired) electrons. The molecule has 0 unspecified atom stereocenters. The first kappa shape index (κ1) is 20.0. The van der Waals surface area contributed by atoms with Gasteiger partial charge in [0, 0.05) is 11.1 Å². The van der Waals surface area contributed by atoms with Crippen LogP contribution < -0.4 is 18.9 Å². The Hall–Kier alpha value is -3.27. The van der Waals surface area contributed by atoms with Crippen molar-refractivity contribution in [2.45, 2.75) is 11.5 Å². The first-order valence-corrected chi connectivity index (χ1v) is 10.9. The highest BCUT2D eigenvalue weighted by atomic mass is 32.2. The Morgan fingerprint density at radius 1 is 1.00 bits per heavy atom. The highest BCUT2D eigenvalue weighted by Crippen LogP contribution is 2.35. The highest BCUT2D eigenvalue weighted by Gasteiger charge is 2.23. The van der Waals surface area contributed by atoms with Crippen LogP contribution in [-0.2, 0) is 21.3 Å². The maximum Gasteiger partial charge on any atom is 0.242 e. The van der Waals surface area contributed by atoms with Gasteiger partial charge in [0.2, 0.25) is 11.7 Å². The molecule has 2 heterocycles. The molecule has 1 aliphatic heterocycles. The molecule has 0 N–H and O–H groups in total. The molecule has 2 aromatic carbocycles. The summed E-state index contributed by atoms with van der Waals surface area (Å²) in [6, 6.07) is 10.3. The lowest BCUT2D eigenvalue weighted by atomic mass is 10.2. The van der Waals surface area contributed by atoms with Gasteiger partial charge in [0.25, 0.3) is 0 Å². The smallest absolute Gasteiger partial charge is 0.242 e. The van der Waals surface area contributed by atoms with Crippen molar-refractivity contribution in [2.24, 2.45) is 0 Å². The SMILES string of the molecule is COc1ccc(-c2noc(CS(=O)(=O)Cc3cccc4c3OCCO4)n2)cc1OC. The van der Waals surface area contributed by atoms with E-state index >= 15 is 0 Å². The number of methoxy groups -OCH3 is 2. The number of sulfone groups is 1. The van der Waals surface area contributed by atoms with E-state index in [-0.39, 0.29) is 17.5 Å². The van der Waals surface area contributed by atoms with Crippen LogP contribution in [0.25, 0.3) is 11.4 Å². The van der Waals surface area contributed by atoms with Crippen LogP contribution >= 0.6 is 0 Å². The number of ether oxygens (including phenoxy) is 4. The number of para-hydroxylation sites is 1. The van der Waals surface area contributed by atoms with Crippen molar-refractivity contribution in [3.05, 3.63) is 47.9 Å². The van der Waals surface area contributed by atoms with Gasteiger partial charge in [0.1, 0.15) is 19.0 Å². The predicted molar refractivity (Wildman–Crippen MR) is 107 cm³/mol. The average molecular weight is 432 g/mol. The third-order valence-electron chi connectivity index (χ3n) is 4.48. The van der Waals surface area contributed by atoms with Gasteiger partial charge in [-0.2, -0.15) is 4.98 Å². The highest BCUT2D eigenvalue weighted by molar-refractivity contribution is 7.89. The molecule has 10 heteroatoms. The molecule has 0 fully saturated rings. The van der Waals surface area contributed by atoms with Crippen molar-refractivity contribution in [1.82, 2.24) is 10.1 Å². The van der Waals surface area contributed by atoms with Gasteiger partial charge in [0.05, 0.1) is 20.0 Å². The third-order valence-corrected chi connectivity index (χ3v) is 5.91. The van der Waals surface area contributed by atoms with Gasteiger partial charge >= 0.3 is 0 Å². The zero-order valence-electron chi connectivity index (χ0n) is 16.5. The minimum absolute atomic E-state index is 0.00162. The fourth-order valence-electron chi connectivity index (χ4n) is 3.13. The fourth-order valence-corrected chi connectivity index (χ4v) is 4.43. The molecule has 30 heavy (non-hydrogen) atoms. The molecule has 9 nitrogen and oxygen atoms in total. The monoisotopic (exact) mass is 432 g/mol. The van der Waals surface area contributed by atoms with Gasteiger partial charge in [0.15, 0.2) is 32.8 Å². The molecule has 0 bridgehead atoms. The van der Waals surface area contributed by atoms with E-state index in [1.165, 1.54) is 14.2 Å². The van der Waals surface area contributed by atoms with Crippen LogP contribution in [-0.4, -0.2) is 46.0 Å². The Balaban J connectivity index is 1.52. The molecule has 0 amide bonds. The molecule has 1 aromatic heterocycles. The molecule has 158 valence electrons. The van der Waals surface area contributed by atoms with Crippen LogP contribution in [0.2, 0.25) is 0 Å². The summed E-state index contributed by atoms with van der Waals surface area (Å²) in [4.78, 5) is 4.22. The molecule has 1 aliphatic rings. The Morgan fingerprint density at radius 2 is 1.80 bits per heavy atom. The predicted octanol–water partition coefficient (Wildman–Crippen LogP) is 2.64. The lowest BCUT2D eigenvalue weighted by molar-refractivity contribution is 0.170. The largest absolute Gasteiger partial charge is 0.493 e. The van der Waals surface area contributed by atoms with E-state index in [0.29, 0.717) is 47.3 Å².